The molecule has 0 spiro atoms. The zero-order chi connectivity index (χ0) is 22.3. The fourth-order valence-corrected chi connectivity index (χ4v) is 3.34. The van der Waals surface area contributed by atoms with E-state index in [2.05, 4.69) is 0 Å². The van der Waals surface area contributed by atoms with Crippen molar-refractivity contribution in [2.24, 2.45) is 0 Å². The van der Waals surface area contributed by atoms with E-state index in [1.165, 1.54) is 21.1 Å². The Morgan fingerprint density at radius 1 is 0.700 bits per heavy atom. The summed E-state index contributed by atoms with van der Waals surface area (Å²) in [4.78, 5) is 14.1. The van der Waals surface area contributed by atoms with E-state index < -0.39 is 0 Å². The lowest BCUT2D eigenvalue weighted by Gasteiger charge is -2.25. The number of ether oxygens (including phenoxy) is 6. The van der Waals surface area contributed by atoms with Gasteiger partial charge in [-0.15, -0.1) is 0 Å². The molecular formula is C22H29NO7. The largest absolute Gasteiger partial charge is 0.493 e. The van der Waals surface area contributed by atoms with Gasteiger partial charge < -0.3 is 33.3 Å². The standard InChI is InChI=1S/C22H29NO7/c1-14(24)23(16-9-11-18(26-3)22(30-7)20(16)28-5)13-12-15-8-10-17(25-2)21(29-6)19(15)27-4/h8-11H,12-13H2,1-7H3. The van der Waals surface area contributed by atoms with Crippen LogP contribution in [0.4, 0.5) is 5.69 Å². The average Bonchev–Trinajstić information content (AvgIpc) is 2.77. The zero-order valence-electron chi connectivity index (χ0n) is 18.5. The number of benzene rings is 2. The predicted molar refractivity (Wildman–Crippen MR) is 114 cm³/mol. The molecular weight excluding hydrogens is 390 g/mol. The molecule has 8 nitrogen and oxygen atoms in total. The van der Waals surface area contributed by atoms with E-state index in [4.69, 9.17) is 28.4 Å². The summed E-state index contributed by atoms with van der Waals surface area (Å²) in [7, 11) is 9.29. The Kier molecular flexibility index (Phi) is 8.03. The van der Waals surface area contributed by atoms with Crippen LogP contribution in [0.3, 0.4) is 0 Å². The van der Waals surface area contributed by atoms with Crippen molar-refractivity contribution in [2.75, 3.05) is 54.1 Å². The molecule has 0 aliphatic heterocycles. The van der Waals surface area contributed by atoms with Gasteiger partial charge in [0, 0.05) is 19.0 Å². The second kappa shape index (κ2) is 10.5. The highest BCUT2D eigenvalue weighted by Crippen LogP contribution is 2.45. The van der Waals surface area contributed by atoms with Gasteiger partial charge in [-0.1, -0.05) is 6.07 Å². The molecule has 0 atom stereocenters. The van der Waals surface area contributed by atoms with Crippen LogP contribution >= 0.6 is 0 Å². The van der Waals surface area contributed by atoms with E-state index in [1.807, 2.05) is 12.1 Å². The molecule has 0 heterocycles. The molecule has 0 aromatic heterocycles. The fourth-order valence-electron chi connectivity index (χ4n) is 3.34. The maximum absolute atomic E-state index is 12.5. The molecule has 1 amide bonds. The van der Waals surface area contributed by atoms with Crippen molar-refractivity contribution in [2.45, 2.75) is 13.3 Å². The summed E-state index contributed by atoms with van der Waals surface area (Å²) >= 11 is 0. The Morgan fingerprint density at radius 3 is 1.67 bits per heavy atom. The summed E-state index contributed by atoms with van der Waals surface area (Å²) < 4.78 is 32.7. The van der Waals surface area contributed by atoms with Crippen LogP contribution in [-0.2, 0) is 11.2 Å². The van der Waals surface area contributed by atoms with Crippen LogP contribution in [0.2, 0.25) is 0 Å². The molecule has 0 aliphatic carbocycles. The average molecular weight is 419 g/mol. The third kappa shape index (κ3) is 4.48. The zero-order valence-corrected chi connectivity index (χ0v) is 18.5. The van der Waals surface area contributed by atoms with Crippen molar-refractivity contribution >= 4 is 11.6 Å². The summed E-state index contributed by atoms with van der Waals surface area (Å²) in [5.41, 5.74) is 1.46. The maximum atomic E-state index is 12.5. The van der Waals surface area contributed by atoms with Crippen LogP contribution in [0, 0.1) is 0 Å². The first-order valence-electron chi connectivity index (χ1n) is 9.32. The number of amides is 1. The summed E-state index contributed by atoms with van der Waals surface area (Å²) in [6.07, 6.45) is 0.514. The van der Waals surface area contributed by atoms with Crippen molar-refractivity contribution in [1.29, 1.82) is 0 Å². The molecule has 2 aromatic rings. The highest BCUT2D eigenvalue weighted by Gasteiger charge is 2.23. The van der Waals surface area contributed by atoms with Gasteiger partial charge in [0.15, 0.2) is 23.0 Å². The predicted octanol–water partition coefficient (Wildman–Crippen LogP) is 3.33. The molecule has 0 unspecified atom stereocenters. The van der Waals surface area contributed by atoms with E-state index in [-0.39, 0.29) is 5.91 Å². The third-order valence-corrected chi connectivity index (χ3v) is 4.74. The monoisotopic (exact) mass is 419 g/mol. The number of hydrogen-bond acceptors (Lipinski definition) is 7. The van der Waals surface area contributed by atoms with Gasteiger partial charge in [-0.2, -0.15) is 0 Å². The van der Waals surface area contributed by atoms with Crippen molar-refractivity contribution in [3.05, 3.63) is 29.8 Å². The second-order valence-electron chi connectivity index (χ2n) is 6.27. The van der Waals surface area contributed by atoms with Crippen LogP contribution < -0.4 is 33.3 Å². The first-order chi connectivity index (χ1) is 14.5. The normalized spacial score (nSPS) is 10.2. The van der Waals surface area contributed by atoms with Gasteiger partial charge in [-0.25, -0.2) is 0 Å². The summed E-state index contributed by atoms with van der Waals surface area (Å²) in [5.74, 6) is 2.88. The number of anilines is 1. The minimum Gasteiger partial charge on any atom is -0.493 e. The smallest absolute Gasteiger partial charge is 0.223 e. The Morgan fingerprint density at radius 2 is 1.20 bits per heavy atom. The molecule has 0 radical (unpaired) electrons. The van der Waals surface area contributed by atoms with Crippen molar-refractivity contribution in [3.63, 3.8) is 0 Å². The van der Waals surface area contributed by atoms with Crippen LogP contribution in [0.1, 0.15) is 12.5 Å². The molecule has 0 saturated carbocycles. The molecule has 0 saturated heterocycles. The summed E-state index contributed by atoms with van der Waals surface area (Å²) in [6.45, 7) is 1.88. The lowest BCUT2D eigenvalue weighted by molar-refractivity contribution is -0.116. The second-order valence-corrected chi connectivity index (χ2v) is 6.27. The molecule has 30 heavy (non-hydrogen) atoms. The first-order valence-corrected chi connectivity index (χ1v) is 9.32. The molecule has 8 heteroatoms. The van der Waals surface area contributed by atoms with Gasteiger partial charge in [0.05, 0.1) is 48.3 Å². The topological polar surface area (TPSA) is 75.7 Å². The van der Waals surface area contributed by atoms with Crippen molar-refractivity contribution in [3.8, 4) is 34.5 Å². The first kappa shape index (κ1) is 23.0. The lowest BCUT2D eigenvalue weighted by Crippen LogP contribution is -2.31. The van der Waals surface area contributed by atoms with E-state index in [0.717, 1.165) is 5.56 Å². The molecule has 0 bridgehead atoms. The fraction of sp³-hybridized carbons (Fsp3) is 0.409. The molecule has 164 valence electrons. The number of methoxy groups -OCH3 is 6. The van der Waals surface area contributed by atoms with E-state index in [9.17, 15) is 4.79 Å². The van der Waals surface area contributed by atoms with Gasteiger partial charge in [0.2, 0.25) is 17.4 Å². The SMILES string of the molecule is COc1ccc(CCN(C(C)=O)c2ccc(OC)c(OC)c2OC)c(OC)c1OC. The number of carbonyl (C=O) groups excluding carboxylic acids is 1. The number of hydrogen-bond donors (Lipinski definition) is 0. The van der Waals surface area contributed by atoms with Gasteiger partial charge in [-0.3, -0.25) is 4.79 Å². The maximum Gasteiger partial charge on any atom is 0.223 e. The van der Waals surface area contributed by atoms with Crippen LogP contribution in [-0.4, -0.2) is 55.1 Å². The number of rotatable bonds is 10. The Labute approximate surface area is 177 Å². The minimum absolute atomic E-state index is 0.139. The summed E-state index contributed by atoms with van der Waals surface area (Å²) in [5, 5.41) is 0. The van der Waals surface area contributed by atoms with Gasteiger partial charge in [0.25, 0.3) is 0 Å². The van der Waals surface area contributed by atoms with E-state index in [0.29, 0.717) is 53.2 Å². The number of carbonyl (C=O) groups is 1. The van der Waals surface area contributed by atoms with Crippen molar-refractivity contribution < 1.29 is 33.2 Å². The Hall–Kier alpha value is -3.29. The molecule has 2 rings (SSSR count). The van der Waals surface area contributed by atoms with E-state index in [1.54, 1.807) is 45.5 Å². The Bertz CT molecular complexity index is 882. The van der Waals surface area contributed by atoms with Crippen LogP contribution in [0.25, 0.3) is 0 Å². The van der Waals surface area contributed by atoms with E-state index >= 15 is 0 Å². The highest BCUT2D eigenvalue weighted by molar-refractivity contribution is 5.94. The van der Waals surface area contributed by atoms with Crippen molar-refractivity contribution in [1.82, 2.24) is 0 Å². The quantitative estimate of drug-likeness (QED) is 0.585. The molecule has 0 fully saturated rings. The molecule has 0 N–H and O–H groups in total. The molecule has 0 aliphatic rings. The van der Waals surface area contributed by atoms with Gasteiger partial charge in [0.1, 0.15) is 0 Å². The minimum atomic E-state index is -0.139. The van der Waals surface area contributed by atoms with Gasteiger partial charge in [-0.05, 0) is 24.6 Å². The third-order valence-electron chi connectivity index (χ3n) is 4.74. The van der Waals surface area contributed by atoms with Crippen LogP contribution in [0.5, 0.6) is 34.5 Å². The highest BCUT2D eigenvalue weighted by atomic mass is 16.5. The molecule has 2 aromatic carbocycles. The van der Waals surface area contributed by atoms with Crippen LogP contribution in [0.15, 0.2) is 24.3 Å². The number of nitrogens with zero attached hydrogens (tertiary/aromatic N) is 1. The lowest BCUT2D eigenvalue weighted by atomic mass is 10.1. The Balaban J connectivity index is 2.43. The van der Waals surface area contributed by atoms with Gasteiger partial charge >= 0.3 is 0 Å². The summed E-state index contributed by atoms with van der Waals surface area (Å²) in [6, 6.07) is 7.22.